The molecule has 1 heterocycles. The first-order valence-electron chi connectivity index (χ1n) is 7.28. The molecule has 0 fully saturated rings. The molecule has 0 saturated heterocycles. The standard InChI is InChI=1S/C17H12F3NO5/c1-21(11-5-3-4-10(14(11)18)16(23)24-2)15(22)9-6-7-12-13(8-9)26-17(19,20)25-12/h3-8H,1-2H3. The minimum absolute atomic E-state index is 0.0320. The fraction of sp³-hybridized carbons (Fsp3) is 0.176. The molecule has 0 saturated carbocycles. The van der Waals surface area contributed by atoms with Gasteiger partial charge in [-0.1, -0.05) is 6.07 Å². The van der Waals surface area contributed by atoms with Crippen LogP contribution in [0.1, 0.15) is 20.7 Å². The van der Waals surface area contributed by atoms with Gasteiger partial charge in [-0.3, -0.25) is 4.79 Å². The van der Waals surface area contributed by atoms with Crippen molar-refractivity contribution in [1.29, 1.82) is 0 Å². The quantitative estimate of drug-likeness (QED) is 0.780. The van der Waals surface area contributed by atoms with Gasteiger partial charge < -0.3 is 19.1 Å². The number of halogens is 3. The van der Waals surface area contributed by atoms with Crippen LogP contribution in [-0.4, -0.2) is 32.3 Å². The molecule has 6 nitrogen and oxygen atoms in total. The highest BCUT2D eigenvalue weighted by Gasteiger charge is 2.43. The normalized spacial score (nSPS) is 14.0. The third-order valence-electron chi connectivity index (χ3n) is 3.70. The van der Waals surface area contributed by atoms with Crippen LogP contribution < -0.4 is 14.4 Å². The third kappa shape index (κ3) is 3.03. The first-order chi connectivity index (χ1) is 12.2. The van der Waals surface area contributed by atoms with Crippen molar-refractivity contribution in [3.8, 4) is 11.5 Å². The molecule has 0 radical (unpaired) electrons. The monoisotopic (exact) mass is 367 g/mol. The fourth-order valence-electron chi connectivity index (χ4n) is 2.43. The Hall–Kier alpha value is -3.23. The zero-order valence-corrected chi connectivity index (χ0v) is 13.6. The smallest absolute Gasteiger partial charge is 0.465 e. The molecule has 136 valence electrons. The van der Waals surface area contributed by atoms with E-state index in [0.717, 1.165) is 24.1 Å². The van der Waals surface area contributed by atoms with Crippen molar-refractivity contribution in [2.24, 2.45) is 0 Å². The lowest BCUT2D eigenvalue weighted by Gasteiger charge is -2.19. The van der Waals surface area contributed by atoms with Crippen LogP contribution in [0.5, 0.6) is 11.5 Å². The summed E-state index contributed by atoms with van der Waals surface area (Å²) in [6.45, 7) is 0. The van der Waals surface area contributed by atoms with Gasteiger partial charge in [0.1, 0.15) is 0 Å². The summed E-state index contributed by atoms with van der Waals surface area (Å²) in [5.74, 6) is -3.06. The summed E-state index contributed by atoms with van der Waals surface area (Å²) in [6.07, 6.45) is -3.81. The first-order valence-corrected chi connectivity index (χ1v) is 7.28. The molecule has 9 heteroatoms. The summed E-state index contributed by atoms with van der Waals surface area (Å²) >= 11 is 0. The van der Waals surface area contributed by atoms with Gasteiger partial charge in [-0.2, -0.15) is 0 Å². The summed E-state index contributed by atoms with van der Waals surface area (Å²) in [5.41, 5.74) is -0.550. The minimum Gasteiger partial charge on any atom is -0.465 e. The van der Waals surface area contributed by atoms with Gasteiger partial charge >= 0.3 is 12.3 Å². The number of ether oxygens (including phenoxy) is 3. The second-order valence-corrected chi connectivity index (χ2v) is 5.32. The number of rotatable bonds is 3. The zero-order chi connectivity index (χ0) is 19.1. The van der Waals surface area contributed by atoms with Crippen LogP contribution in [-0.2, 0) is 4.74 Å². The highest BCUT2D eigenvalue weighted by molar-refractivity contribution is 6.06. The number of benzene rings is 2. The predicted molar refractivity (Wildman–Crippen MR) is 83.1 cm³/mol. The van der Waals surface area contributed by atoms with Gasteiger partial charge in [0.05, 0.1) is 18.4 Å². The Bertz CT molecular complexity index is 900. The maximum absolute atomic E-state index is 14.5. The van der Waals surface area contributed by atoms with E-state index in [9.17, 15) is 22.8 Å². The Morgan fingerprint density at radius 1 is 1.12 bits per heavy atom. The molecule has 1 amide bonds. The molecule has 0 aromatic heterocycles. The molecule has 0 unspecified atom stereocenters. The second kappa shape index (κ2) is 6.25. The lowest BCUT2D eigenvalue weighted by atomic mass is 10.1. The van der Waals surface area contributed by atoms with Gasteiger partial charge in [0, 0.05) is 12.6 Å². The molecule has 0 spiro atoms. The Morgan fingerprint density at radius 2 is 1.81 bits per heavy atom. The molecule has 0 atom stereocenters. The molecule has 2 aromatic rings. The summed E-state index contributed by atoms with van der Waals surface area (Å²) in [7, 11) is 2.38. The SMILES string of the molecule is COC(=O)c1cccc(N(C)C(=O)c2ccc3c(c2)OC(F)(F)O3)c1F. The van der Waals surface area contributed by atoms with Gasteiger partial charge in [-0.15, -0.1) is 8.78 Å². The zero-order valence-electron chi connectivity index (χ0n) is 13.6. The average Bonchev–Trinajstić information content (AvgIpc) is 2.92. The molecule has 2 aromatic carbocycles. The van der Waals surface area contributed by atoms with E-state index in [0.29, 0.717) is 0 Å². The lowest BCUT2D eigenvalue weighted by molar-refractivity contribution is -0.286. The number of carbonyl (C=O) groups excluding carboxylic acids is 2. The van der Waals surface area contributed by atoms with E-state index in [4.69, 9.17) is 0 Å². The van der Waals surface area contributed by atoms with E-state index in [-0.39, 0.29) is 28.3 Å². The highest BCUT2D eigenvalue weighted by atomic mass is 19.3. The largest absolute Gasteiger partial charge is 0.586 e. The van der Waals surface area contributed by atoms with Crippen LogP contribution in [0, 0.1) is 5.82 Å². The molecule has 26 heavy (non-hydrogen) atoms. The van der Waals surface area contributed by atoms with Crippen molar-refractivity contribution in [2.75, 3.05) is 19.1 Å². The van der Waals surface area contributed by atoms with Gasteiger partial charge in [-0.25, -0.2) is 9.18 Å². The van der Waals surface area contributed by atoms with Crippen LogP contribution in [0.3, 0.4) is 0 Å². The van der Waals surface area contributed by atoms with Gasteiger partial charge in [-0.05, 0) is 30.3 Å². The number of hydrogen-bond acceptors (Lipinski definition) is 5. The van der Waals surface area contributed by atoms with Crippen LogP contribution >= 0.6 is 0 Å². The molecule has 1 aliphatic rings. The minimum atomic E-state index is -3.81. The topological polar surface area (TPSA) is 65.1 Å². The van der Waals surface area contributed by atoms with Crippen LogP contribution in [0.2, 0.25) is 0 Å². The predicted octanol–water partition coefficient (Wildman–Crippen LogP) is 3.21. The molecular formula is C17H12F3NO5. The van der Waals surface area contributed by atoms with Gasteiger partial charge in [0.25, 0.3) is 5.91 Å². The lowest BCUT2D eigenvalue weighted by Crippen LogP contribution is -2.27. The Kier molecular flexibility index (Phi) is 4.23. The van der Waals surface area contributed by atoms with Crippen molar-refractivity contribution < 1.29 is 37.0 Å². The van der Waals surface area contributed by atoms with Crippen molar-refractivity contribution in [3.63, 3.8) is 0 Å². The first kappa shape index (κ1) is 17.6. The van der Waals surface area contributed by atoms with Gasteiger partial charge in [0.15, 0.2) is 17.3 Å². The second-order valence-electron chi connectivity index (χ2n) is 5.32. The van der Waals surface area contributed by atoms with Crippen molar-refractivity contribution in [3.05, 3.63) is 53.3 Å². The number of methoxy groups -OCH3 is 1. The summed E-state index contributed by atoms with van der Waals surface area (Å²) in [4.78, 5) is 25.1. The van der Waals surface area contributed by atoms with E-state index >= 15 is 0 Å². The van der Waals surface area contributed by atoms with Crippen LogP contribution in [0.4, 0.5) is 18.9 Å². The van der Waals surface area contributed by atoms with Crippen molar-refractivity contribution >= 4 is 17.6 Å². The number of nitrogens with zero attached hydrogens (tertiary/aromatic N) is 1. The van der Waals surface area contributed by atoms with Crippen LogP contribution in [0.25, 0.3) is 0 Å². The Morgan fingerprint density at radius 3 is 2.50 bits per heavy atom. The summed E-state index contributed by atoms with van der Waals surface area (Å²) in [5, 5.41) is 0. The highest BCUT2D eigenvalue weighted by Crippen LogP contribution is 2.41. The number of hydrogen-bond donors (Lipinski definition) is 0. The maximum atomic E-state index is 14.5. The van der Waals surface area contributed by atoms with Crippen molar-refractivity contribution in [2.45, 2.75) is 6.29 Å². The number of alkyl halides is 2. The molecule has 0 bridgehead atoms. The van der Waals surface area contributed by atoms with E-state index < -0.39 is 24.0 Å². The fourth-order valence-corrected chi connectivity index (χ4v) is 2.43. The molecule has 3 rings (SSSR count). The average molecular weight is 367 g/mol. The van der Waals surface area contributed by atoms with E-state index in [2.05, 4.69) is 14.2 Å². The molecule has 0 N–H and O–H groups in total. The van der Waals surface area contributed by atoms with Crippen molar-refractivity contribution in [1.82, 2.24) is 0 Å². The van der Waals surface area contributed by atoms with Crippen LogP contribution in [0.15, 0.2) is 36.4 Å². The number of amides is 1. The number of anilines is 1. The third-order valence-corrected chi connectivity index (χ3v) is 3.70. The molecule has 0 aliphatic carbocycles. The number of fused-ring (bicyclic) bond motifs is 1. The molecule has 1 aliphatic heterocycles. The Labute approximate surface area is 145 Å². The molecular weight excluding hydrogens is 355 g/mol. The van der Waals surface area contributed by atoms with E-state index in [1.54, 1.807) is 0 Å². The Balaban J connectivity index is 1.91. The maximum Gasteiger partial charge on any atom is 0.586 e. The van der Waals surface area contributed by atoms with E-state index in [1.807, 2.05) is 0 Å². The summed E-state index contributed by atoms with van der Waals surface area (Å²) < 4.78 is 53.7. The summed E-state index contributed by atoms with van der Waals surface area (Å²) in [6, 6.07) is 7.35. The number of carbonyl (C=O) groups is 2. The number of esters is 1. The van der Waals surface area contributed by atoms with E-state index in [1.165, 1.54) is 31.3 Å². The van der Waals surface area contributed by atoms with Gasteiger partial charge in [0.2, 0.25) is 0 Å².